The number of carbonyl (C=O) groups is 2. The second kappa shape index (κ2) is 17.9. The third-order valence-corrected chi connectivity index (χ3v) is 10.3. The molecule has 2 heterocycles. The molecular formula is C31H52ClN5O5S. The Kier molecular flexibility index (Phi) is 15.4. The molecular weight excluding hydrogens is 590 g/mol. The lowest BCUT2D eigenvalue weighted by atomic mass is 10.0. The van der Waals surface area contributed by atoms with Crippen LogP contribution in [0.3, 0.4) is 0 Å². The molecule has 2 aromatic rings. The van der Waals surface area contributed by atoms with Gasteiger partial charge in [-0.2, -0.15) is 4.98 Å². The number of aromatic nitrogens is 4. The van der Waals surface area contributed by atoms with Gasteiger partial charge >= 0.3 is 5.97 Å². The van der Waals surface area contributed by atoms with Gasteiger partial charge in [0.05, 0.1) is 5.25 Å². The topological polar surface area (TPSA) is 135 Å². The smallest absolute Gasteiger partial charge is 0.326 e. The summed E-state index contributed by atoms with van der Waals surface area (Å²) in [6.07, 6.45) is 15.0. The Morgan fingerprint density at radius 2 is 1.33 bits per heavy atom. The first-order chi connectivity index (χ1) is 20.3. The highest BCUT2D eigenvalue weighted by Gasteiger charge is 2.29. The van der Waals surface area contributed by atoms with Crippen LogP contribution in [-0.2, 0) is 26.0 Å². The minimum Gasteiger partial charge on any atom is -0.480 e. The van der Waals surface area contributed by atoms with Gasteiger partial charge in [0.25, 0.3) is 0 Å². The lowest BCUT2D eigenvalue weighted by molar-refractivity contribution is -0.151. The number of imidazole rings is 1. The highest BCUT2D eigenvalue weighted by molar-refractivity contribution is 7.92. The number of hydrogen-bond acceptors (Lipinski definition) is 7. The van der Waals surface area contributed by atoms with Crippen LogP contribution >= 0.6 is 11.6 Å². The molecule has 0 saturated carbocycles. The molecule has 1 atom stereocenters. The van der Waals surface area contributed by atoms with Crippen LogP contribution in [0.2, 0.25) is 5.28 Å². The van der Waals surface area contributed by atoms with Crippen LogP contribution in [0.25, 0.3) is 11.2 Å². The first-order valence-electron chi connectivity index (χ1n) is 15.9. The summed E-state index contributed by atoms with van der Waals surface area (Å²) in [6, 6.07) is -0.762. The number of likely N-dealkylation sites (N-methyl/N-ethyl adjacent to an activating group) is 1. The van der Waals surface area contributed by atoms with E-state index in [1.165, 1.54) is 49.8 Å². The van der Waals surface area contributed by atoms with Gasteiger partial charge in [-0.3, -0.25) is 4.79 Å². The zero-order chi connectivity index (χ0) is 32.2. The Morgan fingerprint density at radius 1 is 0.837 bits per heavy atom. The van der Waals surface area contributed by atoms with E-state index in [9.17, 15) is 23.1 Å². The van der Waals surface area contributed by atoms with E-state index in [1.54, 1.807) is 20.9 Å². The molecule has 0 unspecified atom stereocenters. The van der Waals surface area contributed by atoms with Crippen molar-refractivity contribution in [1.29, 1.82) is 0 Å². The number of nitrogens with zero attached hydrogens (tertiary/aromatic N) is 5. The normalized spacial score (nSPS) is 12.9. The van der Waals surface area contributed by atoms with Crippen molar-refractivity contribution in [2.45, 2.75) is 147 Å². The number of hydrogen-bond donors (Lipinski definition) is 1. The van der Waals surface area contributed by atoms with Gasteiger partial charge in [-0.05, 0) is 51.1 Å². The standard InChI is InChI=1S/C31H52ClN5O5S/c1-22(2)26(30(39)40)36(6)25(38)20-18-16-14-12-10-8-7-9-11-13-15-17-19-21-37-24(5)33-28-27(37)29(35-31(32)34-28)43(41,42)23(3)4/h22-23,26H,7-21H2,1-6H3,(H,39,40)/t26-/m0/s1. The fraction of sp³-hybridized carbons (Fsp3) is 0.774. The molecule has 12 heteroatoms. The number of carbonyl (C=O) groups excluding carboxylic acids is 1. The number of amides is 1. The van der Waals surface area contributed by atoms with E-state index in [1.807, 2.05) is 25.3 Å². The summed E-state index contributed by atoms with van der Waals surface area (Å²) in [4.78, 5) is 37.8. The van der Waals surface area contributed by atoms with Crippen LogP contribution in [0.5, 0.6) is 0 Å². The van der Waals surface area contributed by atoms with E-state index in [0.717, 1.165) is 38.5 Å². The lowest BCUT2D eigenvalue weighted by Crippen LogP contribution is -2.45. The van der Waals surface area contributed by atoms with Crippen molar-refractivity contribution in [1.82, 2.24) is 24.4 Å². The number of unbranched alkanes of at least 4 members (excludes halogenated alkanes) is 12. The molecule has 2 aromatic heterocycles. The summed E-state index contributed by atoms with van der Waals surface area (Å²) < 4.78 is 27.8. The molecule has 0 aliphatic heterocycles. The van der Waals surface area contributed by atoms with Crippen molar-refractivity contribution in [3.05, 3.63) is 11.1 Å². The number of fused-ring (bicyclic) bond motifs is 1. The van der Waals surface area contributed by atoms with E-state index < -0.39 is 27.1 Å². The molecule has 10 nitrogen and oxygen atoms in total. The van der Waals surface area contributed by atoms with Gasteiger partial charge in [0.15, 0.2) is 20.5 Å². The maximum atomic E-state index is 12.9. The molecule has 0 saturated heterocycles. The van der Waals surface area contributed by atoms with E-state index in [-0.39, 0.29) is 22.1 Å². The van der Waals surface area contributed by atoms with Gasteiger partial charge in [-0.15, -0.1) is 0 Å². The van der Waals surface area contributed by atoms with Crippen LogP contribution < -0.4 is 0 Å². The fourth-order valence-electron chi connectivity index (χ4n) is 5.50. The molecule has 1 N–H and O–H groups in total. The van der Waals surface area contributed by atoms with Gasteiger partial charge in [-0.1, -0.05) is 84.5 Å². The van der Waals surface area contributed by atoms with Crippen molar-refractivity contribution in [2.75, 3.05) is 7.05 Å². The average Bonchev–Trinajstić information content (AvgIpc) is 3.23. The van der Waals surface area contributed by atoms with Crippen LogP contribution in [0.15, 0.2) is 5.03 Å². The molecule has 43 heavy (non-hydrogen) atoms. The molecule has 0 radical (unpaired) electrons. The third-order valence-electron chi connectivity index (χ3n) is 8.09. The quantitative estimate of drug-likeness (QED) is 0.0874. The monoisotopic (exact) mass is 641 g/mol. The Hall–Kier alpha value is -2.27. The number of aryl methyl sites for hydroxylation is 2. The summed E-state index contributed by atoms with van der Waals surface area (Å²) >= 11 is 6.02. The summed E-state index contributed by atoms with van der Waals surface area (Å²) in [5, 5.41) is 8.60. The van der Waals surface area contributed by atoms with E-state index in [0.29, 0.717) is 30.0 Å². The molecule has 0 bridgehead atoms. The summed E-state index contributed by atoms with van der Waals surface area (Å²) in [5.74, 6) is -0.435. The van der Waals surface area contributed by atoms with Crippen LogP contribution in [0.1, 0.15) is 123 Å². The van der Waals surface area contributed by atoms with Crippen molar-refractivity contribution < 1.29 is 23.1 Å². The zero-order valence-corrected chi connectivity index (χ0v) is 28.5. The first-order valence-corrected chi connectivity index (χ1v) is 17.8. The number of carboxylic acid groups (broad SMARTS) is 1. The Bertz CT molecular complexity index is 1300. The van der Waals surface area contributed by atoms with Crippen LogP contribution in [0, 0.1) is 12.8 Å². The summed E-state index contributed by atoms with van der Waals surface area (Å²) in [5.41, 5.74) is 0.777. The lowest BCUT2D eigenvalue weighted by Gasteiger charge is -2.27. The molecule has 0 aliphatic carbocycles. The zero-order valence-electron chi connectivity index (χ0n) is 26.9. The number of rotatable bonds is 21. The number of carboxylic acids is 1. The molecule has 0 spiro atoms. The molecule has 0 aromatic carbocycles. The predicted molar refractivity (Wildman–Crippen MR) is 171 cm³/mol. The van der Waals surface area contributed by atoms with Crippen molar-refractivity contribution >= 4 is 44.5 Å². The maximum Gasteiger partial charge on any atom is 0.326 e. The van der Waals surface area contributed by atoms with Crippen LogP contribution in [-0.4, -0.2) is 68.2 Å². The van der Waals surface area contributed by atoms with Crippen molar-refractivity contribution in [3.63, 3.8) is 0 Å². The minimum absolute atomic E-state index is 0.0335. The van der Waals surface area contributed by atoms with Gasteiger partial charge in [0.2, 0.25) is 11.2 Å². The van der Waals surface area contributed by atoms with Crippen LogP contribution in [0.4, 0.5) is 0 Å². The molecule has 0 fully saturated rings. The molecule has 0 aliphatic rings. The first kappa shape index (κ1) is 36.9. The largest absolute Gasteiger partial charge is 0.480 e. The minimum atomic E-state index is -3.63. The van der Waals surface area contributed by atoms with E-state index in [4.69, 9.17) is 11.6 Å². The highest BCUT2D eigenvalue weighted by Crippen LogP contribution is 2.27. The van der Waals surface area contributed by atoms with Gasteiger partial charge in [0.1, 0.15) is 17.4 Å². The average molecular weight is 642 g/mol. The predicted octanol–water partition coefficient (Wildman–Crippen LogP) is 7.00. The highest BCUT2D eigenvalue weighted by atomic mass is 35.5. The molecule has 244 valence electrons. The third kappa shape index (κ3) is 11.0. The van der Waals surface area contributed by atoms with Gasteiger partial charge in [0, 0.05) is 20.0 Å². The van der Waals surface area contributed by atoms with Gasteiger partial charge < -0.3 is 14.6 Å². The van der Waals surface area contributed by atoms with E-state index in [2.05, 4.69) is 15.0 Å². The Labute approximate surface area is 262 Å². The molecule has 1 amide bonds. The van der Waals surface area contributed by atoms with Gasteiger partial charge in [-0.25, -0.2) is 23.2 Å². The van der Waals surface area contributed by atoms with E-state index >= 15 is 0 Å². The maximum absolute atomic E-state index is 12.9. The second-order valence-electron chi connectivity index (χ2n) is 12.3. The number of halogens is 1. The summed E-state index contributed by atoms with van der Waals surface area (Å²) in [7, 11) is -2.04. The Balaban J connectivity index is 1.57. The van der Waals surface area contributed by atoms with Crippen molar-refractivity contribution in [3.8, 4) is 0 Å². The summed E-state index contributed by atoms with van der Waals surface area (Å²) in [6.45, 7) is 9.43. The number of sulfone groups is 1. The fourth-order valence-corrected chi connectivity index (χ4v) is 6.85. The second-order valence-corrected chi connectivity index (χ2v) is 15.0. The Morgan fingerprint density at radius 3 is 1.79 bits per heavy atom. The van der Waals surface area contributed by atoms with Crippen molar-refractivity contribution in [2.24, 2.45) is 5.92 Å². The SMILES string of the molecule is Cc1nc2nc(Cl)nc(S(=O)(=O)C(C)C)c2n1CCCCCCCCCCCCCCCC(=O)N(C)[C@H](C(=O)O)C(C)C. The number of aliphatic carboxylic acids is 1. The molecule has 2 rings (SSSR count).